The van der Waals surface area contributed by atoms with Crippen molar-refractivity contribution in [1.82, 2.24) is 4.90 Å². The van der Waals surface area contributed by atoms with E-state index >= 15 is 0 Å². The van der Waals surface area contributed by atoms with Gasteiger partial charge in [0, 0.05) is 44.0 Å². The first-order chi connectivity index (χ1) is 13.6. The Morgan fingerprint density at radius 3 is 2.29 bits per heavy atom. The highest BCUT2D eigenvalue weighted by atomic mass is 79.9. The second kappa shape index (κ2) is 9.52. The molecule has 5 nitrogen and oxygen atoms in total. The highest BCUT2D eigenvalue weighted by Crippen LogP contribution is 2.34. The summed E-state index contributed by atoms with van der Waals surface area (Å²) >= 11 is 3.52. The maximum Gasteiger partial charge on any atom is 0.161 e. The second-order valence-corrected chi connectivity index (χ2v) is 7.72. The van der Waals surface area contributed by atoms with E-state index in [1.807, 2.05) is 13.0 Å². The quantitative estimate of drug-likeness (QED) is 0.610. The van der Waals surface area contributed by atoms with Gasteiger partial charge in [-0.1, -0.05) is 6.07 Å². The van der Waals surface area contributed by atoms with Crippen LogP contribution < -0.4 is 19.1 Å². The van der Waals surface area contributed by atoms with Crippen LogP contribution in [0.4, 0.5) is 5.69 Å². The van der Waals surface area contributed by atoms with Crippen LogP contribution in [-0.4, -0.2) is 51.9 Å². The van der Waals surface area contributed by atoms with E-state index in [-0.39, 0.29) is 0 Å². The van der Waals surface area contributed by atoms with Crippen LogP contribution in [0, 0.1) is 0 Å². The summed E-state index contributed by atoms with van der Waals surface area (Å²) in [5, 5.41) is 0. The summed E-state index contributed by atoms with van der Waals surface area (Å²) in [6.07, 6.45) is 0. The number of halogens is 1. The summed E-state index contributed by atoms with van der Waals surface area (Å²) in [6.45, 7) is 8.87. The highest BCUT2D eigenvalue weighted by molar-refractivity contribution is 9.10. The van der Waals surface area contributed by atoms with Crippen molar-refractivity contribution in [2.75, 3.05) is 51.9 Å². The lowest BCUT2D eigenvalue weighted by atomic mass is 10.0. The molecule has 28 heavy (non-hydrogen) atoms. The number of methoxy groups -OCH3 is 2. The normalized spacial score (nSPS) is 16.0. The lowest BCUT2D eigenvalue weighted by Gasteiger charge is -2.39. The van der Waals surface area contributed by atoms with Gasteiger partial charge in [-0.25, -0.2) is 0 Å². The lowest BCUT2D eigenvalue weighted by molar-refractivity contribution is 0.198. The Balaban J connectivity index is 1.66. The molecule has 1 unspecified atom stereocenters. The Bertz CT molecular complexity index is 791. The molecule has 1 heterocycles. The molecule has 0 radical (unpaired) electrons. The third-order valence-electron chi connectivity index (χ3n) is 5.33. The molecule has 3 rings (SSSR count). The number of hydrogen-bond acceptors (Lipinski definition) is 5. The van der Waals surface area contributed by atoms with E-state index in [1.165, 1.54) is 11.3 Å². The van der Waals surface area contributed by atoms with Crippen molar-refractivity contribution in [3.8, 4) is 17.2 Å². The molecule has 0 aliphatic carbocycles. The molecule has 6 heteroatoms. The maximum absolute atomic E-state index is 5.64. The zero-order valence-corrected chi connectivity index (χ0v) is 18.7. The molecule has 2 aromatic rings. The summed E-state index contributed by atoms with van der Waals surface area (Å²) < 4.78 is 17.6. The number of benzene rings is 2. The minimum Gasteiger partial charge on any atom is -0.495 e. The van der Waals surface area contributed by atoms with E-state index in [9.17, 15) is 0 Å². The third kappa shape index (κ3) is 4.55. The molecule has 0 aromatic heterocycles. The number of nitrogens with zero attached hydrogens (tertiary/aromatic N) is 2. The van der Waals surface area contributed by atoms with Gasteiger partial charge < -0.3 is 19.1 Å². The average Bonchev–Trinajstić information content (AvgIpc) is 2.74. The monoisotopic (exact) mass is 448 g/mol. The summed E-state index contributed by atoms with van der Waals surface area (Å²) in [7, 11) is 3.39. The van der Waals surface area contributed by atoms with Crippen LogP contribution in [0.25, 0.3) is 0 Å². The van der Waals surface area contributed by atoms with Crippen molar-refractivity contribution < 1.29 is 14.2 Å². The van der Waals surface area contributed by atoms with Crippen LogP contribution in [0.2, 0.25) is 0 Å². The van der Waals surface area contributed by atoms with E-state index in [0.29, 0.717) is 12.6 Å². The molecule has 0 spiro atoms. The first kappa shape index (κ1) is 20.8. The van der Waals surface area contributed by atoms with E-state index < -0.39 is 0 Å². The van der Waals surface area contributed by atoms with Crippen LogP contribution in [0.5, 0.6) is 17.2 Å². The molecule has 152 valence electrons. The zero-order chi connectivity index (χ0) is 20.1. The number of hydrogen-bond donors (Lipinski definition) is 0. The average molecular weight is 449 g/mol. The van der Waals surface area contributed by atoms with E-state index in [1.54, 1.807) is 14.2 Å². The fraction of sp³-hybridized carbons (Fsp3) is 0.455. The molecule has 1 saturated heterocycles. The van der Waals surface area contributed by atoms with Crippen molar-refractivity contribution in [3.05, 3.63) is 46.4 Å². The van der Waals surface area contributed by atoms with Crippen molar-refractivity contribution in [1.29, 1.82) is 0 Å². The summed E-state index contributed by atoms with van der Waals surface area (Å²) in [4.78, 5) is 4.93. The SMILES string of the molecule is CCOc1ccc(C(C)N2CCN(c3ccc(Br)c(OC)c3)CC2)cc1OC. The predicted octanol–water partition coefficient (Wildman–Crippen LogP) is 4.75. The molecule has 0 N–H and O–H groups in total. The largest absolute Gasteiger partial charge is 0.495 e. The van der Waals surface area contributed by atoms with Crippen LogP contribution in [0.3, 0.4) is 0 Å². The minimum absolute atomic E-state index is 0.325. The van der Waals surface area contributed by atoms with Crippen molar-refractivity contribution in [2.24, 2.45) is 0 Å². The Labute approximate surface area is 176 Å². The smallest absolute Gasteiger partial charge is 0.161 e. The van der Waals surface area contributed by atoms with Crippen LogP contribution in [0.1, 0.15) is 25.5 Å². The van der Waals surface area contributed by atoms with Gasteiger partial charge in [-0.2, -0.15) is 0 Å². The van der Waals surface area contributed by atoms with Gasteiger partial charge in [-0.05, 0) is 59.6 Å². The van der Waals surface area contributed by atoms with Crippen molar-refractivity contribution in [3.63, 3.8) is 0 Å². The Morgan fingerprint density at radius 2 is 1.64 bits per heavy atom. The number of anilines is 1. The standard InChI is InChI=1S/C22H29BrN2O3/c1-5-28-20-9-6-17(14-22(20)27-4)16(2)24-10-12-25(13-11-24)18-7-8-19(23)21(15-18)26-3/h6-9,14-16H,5,10-13H2,1-4H3. The second-order valence-electron chi connectivity index (χ2n) is 6.86. The van der Waals surface area contributed by atoms with Crippen molar-refractivity contribution in [2.45, 2.75) is 19.9 Å². The van der Waals surface area contributed by atoms with Gasteiger partial charge >= 0.3 is 0 Å². The molecule has 1 aliphatic heterocycles. The van der Waals surface area contributed by atoms with Crippen LogP contribution in [-0.2, 0) is 0 Å². The maximum atomic E-state index is 5.64. The zero-order valence-electron chi connectivity index (χ0n) is 17.1. The lowest BCUT2D eigenvalue weighted by Crippen LogP contribution is -2.47. The molecule has 1 fully saturated rings. The first-order valence-electron chi connectivity index (χ1n) is 9.70. The summed E-state index contributed by atoms with van der Waals surface area (Å²) in [5.74, 6) is 2.47. The van der Waals surface area contributed by atoms with Gasteiger partial charge in [0.05, 0.1) is 25.3 Å². The molecule has 2 aromatic carbocycles. The van der Waals surface area contributed by atoms with Crippen LogP contribution in [0.15, 0.2) is 40.9 Å². The predicted molar refractivity (Wildman–Crippen MR) is 117 cm³/mol. The van der Waals surface area contributed by atoms with Gasteiger partial charge in [-0.3, -0.25) is 4.90 Å². The van der Waals surface area contributed by atoms with Gasteiger partial charge in [0.15, 0.2) is 11.5 Å². The van der Waals surface area contributed by atoms with Crippen molar-refractivity contribution >= 4 is 21.6 Å². The van der Waals surface area contributed by atoms with Gasteiger partial charge in [0.2, 0.25) is 0 Å². The molecule has 0 saturated carbocycles. The molecule has 1 atom stereocenters. The van der Waals surface area contributed by atoms with E-state index in [0.717, 1.165) is 47.9 Å². The van der Waals surface area contributed by atoms with E-state index in [2.05, 4.69) is 63.0 Å². The van der Waals surface area contributed by atoms with E-state index in [4.69, 9.17) is 14.2 Å². The number of rotatable bonds is 7. The summed E-state index contributed by atoms with van der Waals surface area (Å²) in [5.41, 5.74) is 2.45. The molecule has 1 aliphatic rings. The fourth-order valence-corrected chi connectivity index (χ4v) is 4.05. The highest BCUT2D eigenvalue weighted by Gasteiger charge is 2.23. The summed E-state index contributed by atoms with van der Waals surface area (Å²) in [6, 6.07) is 12.9. The fourth-order valence-electron chi connectivity index (χ4n) is 3.64. The number of ether oxygens (including phenoxy) is 3. The molecule has 0 amide bonds. The third-order valence-corrected chi connectivity index (χ3v) is 5.99. The molecular formula is C22H29BrN2O3. The minimum atomic E-state index is 0.325. The van der Waals surface area contributed by atoms with Crippen LogP contribution >= 0.6 is 15.9 Å². The molecular weight excluding hydrogens is 420 g/mol. The Kier molecular flexibility index (Phi) is 7.08. The van der Waals surface area contributed by atoms with Gasteiger partial charge in [0.1, 0.15) is 5.75 Å². The molecule has 0 bridgehead atoms. The first-order valence-corrected chi connectivity index (χ1v) is 10.5. The number of piperazine rings is 1. The Morgan fingerprint density at radius 1 is 0.929 bits per heavy atom. The Hall–Kier alpha value is -1.92. The topological polar surface area (TPSA) is 34.2 Å². The van der Waals surface area contributed by atoms with Gasteiger partial charge in [-0.15, -0.1) is 0 Å². The van der Waals surface area contributed by atoms with Gasteiger partial charge in [0.25, 0.3) is 0 Å².